The summed E-state index contributed by atoms with van der Waals surface area (Å²) in [5.41, 5.74) is 4.47. The summed E-state index contributed by atoms with van der Waals surface area (Å²) in [4.78, 5) is 13.8. The molecule has 1 heterocycles. The van der Waals surface area contributed by atoms with E-state index in [2.05, 4.69) is 16.9 Å². The van der Waals surface area contributed by atoms with Crippen LogP contribution in [0.15, 0.2) is 47.4 Å². The van der Waals surface area contributed by atoms with E-state index in [1.54, 1.807) is 29.2 Å². The fourth-order valence-corrected chi connectivity index (χ4v) is 5.35. The van der Waals surface area contributed by atoms with E-state index < -0.39 is 10.0 Å². The van der Waals surface area contributed by atoms with Crippen molar-refractivity contribution >= 4 is 21.6 Å². The van der Waals surface area contributed by atoms with Gasteiger partial charge in [0.25, 0.3) is 0 Å². The zero-order valence-electron chi connectivity index (χ0n) is 16.1. The van der Waals surface area contributed by atoms with E-state index in [0.29, 0.717) is 13.0 Å². The van der Waals surface area contributed by atoms with E-state index in [9.17, 15) is 13.2 Å². The molecule has 0 spiro atoms. The fraction of sp³-hybridized carbons (Fsp3) is 0.409. The number of nitrogens with zero attached hydrogens (tertiary/aromatic N) is 1. The van der Waals surface area contributed by atoms with Crippen LogP contribution in [0.1, 0.15) is 55.3 Å². The summed E-state index contributed by atoms with van der Waals surface area (Å²) >= 11 is 0. The number of hydrogen-bond acceptors (Lipinski definition) is 3. The zero-order valence-corrected chi connectivity index (χ0v) is 17.0. The highest BCUT2D eigenvalue weighted by molar-refractivity contribution is 7.89. The molecule has 2 aromatic carbocycles. The minimum atomic E-state index is -3.64. The lowest BCUT2D eigenvalue weighted by Crippen LogP contribution is -2.27. The topological polar surface area (TPSA) is 66.5 Å². The Balaban J connectivity index is 1.49. The van der Waals surface area contributed by atoms with Crippen molar-refractivity contribution in [3.63, 3.8) is 0 Å². The van der Waals surface area contributed by atoms with Gasteiger partial charge in [-0.1, -0.05) is 18.2 Å². The minimum absolute atomic E-state index is 0.0924. The Bertz CT molecular complexity index is 983. The number of anilines is 1. The molecule has 6 heteroatoms. The van der Waals surface area contributed by atoms with Crippen LogP contribution in [0.4, 0.5) is 5.69 Å². The van der Waals surface area contributed by atoms with Crippen LogP contribution in [0.3, 0.4) is 0 Å². The van der Waals surface area contributed by atoms with Crippen LogP contribution >= 0.6 is 0 Å². The number of carbonyl (C=O) groups is 1. The van der Waals surface area contributed by atoms with Gasteiger partial charge in [-0.15, -0.1) is 0 Å². The summed E-state index contributed by atoms with van der Waals surface area (Å²) in [6.45, 7) is 2.57. The van der Waals surface area contributed by atoms with Gasteiger partial charge in [0.2, 0.25) is 15.9 Å². The second-order valence-electron chi connectivity index (χ2n) is 7.72. The van der Waals surface area contributed by atoms with Crippen molar-refractivity contribution in [3.8, 4) is 0 Å². The van der Waals surface area contributed by atoms with Gasteiger partial charge in [-0.05, 0) is 80.0 Å². The van der Waals surface area contributed by atoms with Gasteiger partial charge >= 0.3 is 0 Å². The number of carbonyl (C=O) groups excluding carboxylic acids is 1. The number of sulfonamides is 1. The summed E-state index contributed by atoms with van der Waals surface area (Å²) in [7, 11) is -3.64. The maximum absolute atomic E-state index is 12.8. The van der Waals surface area contributed by atoms with Crippen LogP contribution in [-0.4, -0.2) is 20.9 Å². The number of fused-ring (bicyclic) bond motifs is 1. The maximum Gasteiger partial charge on any atom is 0.241 e. The van der Waals surface area contributed by atoms with Crippen molar-refractivity contribution in [2.24, 2.45) is 0 Å². The van der Waals surface area contributed by atoms with Crippen LogP contribution in [0.25, 0.3) is 0 Å². The van der Waals surface area contributed by atoms with E-state index in [1.165, 1.54) is 24.0 Å². The molecule has 1 fully saturated rings. The summed E-state index contributed by atoms with van der Waals surface area (Å²) in [5, 5.41) is 0. The Hall–Kier alpha value is -2.18. The van der Waals surface area contributed by atoms with Gasteiger partial charge in [-0.25, -0.2) is 13.1 Å². The van der Waals surface area contributed by atoms with Gasteiger partial charge in [-0.3, -0.25) is 4.79 Å². The van der Waals surface area contributed by atoms with E-state index in [-0.39, 0.29) is 16.8 Å². The second-order valence-corrected chi connectivity index (χ2v) is 9.44. The Kier molecular flexibility index (Phi) is 5.25. The van der Waals surface area contributed by atoms with Crippen molar-refractivity contribution in [1.82, 2.24) is 4.72 Å². The molecule has 0 radical (unpaired) electrons. The van der Waals surface area contributed by atoms with Crippen molar-refractivity contribution in [2.45, 2.75) is 56.4 Å². The molecule has 148 valence electrons. The first-order valence-electron chi connectivity index (χ1n) is 9.98. The first kappa shape index (κ1) is 19.2. The summed E-state index contributed by atoms with van der Waals surface area (Å²) in [6, 6.07) is 12.6. The molecule has 4 rings (SSSR count). The quantitative estimate of drug-likeness (QED) is 0.834. The molecule has 0 aromatic heterocycles. The number of rotatable bonds is 5. The largest absolute Gasteiger partial charge is 0.312 e. The third-order valence-electron chi connectivity index (χ3n) is 5.74. The van der Waals surface area contributed by atoms with E-state index >= 15 is 0 Å². The van der Waals surface area contributed by atoms with E-state index in [0.717, 1.165) is 30.5 Å². The van der Waals surface area contributed by atoms with Crippen molar-refractivity contribution in [3.05, 3.63) is 59.2 Å². The lowest BCUT2D eigenvalue weighted by atomic mass is 9.89. The summed E-state index contributed by atoms with van der Waals surface area (Å²) < 4.78 is 28.4. The van der Waals surface area contributed by atoms with Crippen molar-refractivity contribution in [1.29, 1.82) is 0 Å². The lowest BCUT2D eigenvalue weighted by Gasteiger charge is -2.20. The molecule has 1 atom stereocenters. The van der Waals surface area contributed by atoms with Gasteiger partial charge in [0.05, 0.1) is 4.90 Å². The molecule has 2 aromatic rings. The van der Waals surface area contributed by atoms with E-state index in [1.807, 2.05) is 13.0 Å². The standard InChI is InChI=1S/C22H26N2O3S/c1-16(18-9-8-17-5-2-3-6-19(17)15-18)23-28(26,27)21-12-10-20(11-13-21)24-14-4-7-22(24)25/h8-13,15-16,23H,2-7,14H2,1H3/t16-/m0/s1. The molecule has 28 heavy (non-hydrogen) atoms. The number of amides is 1. The summed E-state index contributed by atoms with van der Waals surface area (Å²) in [6.07, 6.45) is 6.01. The SMILES string of the molecule is C[C@H](NS(=O)(=O)c1ccc(N2CCCC2=O)cc1)c1ccc2c(c1)CCCC2. The Labute approximate surface area is 166 Å². The van der Waals surface area contributed by atoms with Crippen LogP contribution in [0.5, 0.6) is 0 Å². The average molecular weight is 399 g/mol. The molecule has 0 bridgehead atoms. The molecule has 1 aliphatic carbocycles. The lowest BCUT2D eigenvalue weighted by molar-refractivity contribution is -0.117. The predicted molar refractivity (Wildman–Crippen MR) is 110 cm³/mol. The Morgan fingerprint density at radius 3 is 2.32 bits per heavy atom. The van der Waals surface area contributed by atoms with Gasteiger partial charge < -0.3 is 4.90 Å². The zero-order chi connectivity index (χ0) is 19.7. The highest BCUT2D eigenvalue weighted by atomic mass is 32.2. The Morgan fingerprint density at radius 2 is 1.64 bits per heavy atom. The smallest absolute Gasteiger partial charge is 0.241 e. The van der Waals surface area contributed by atoms with Crippen LogP contribution in [0, 0.1) is 0 Å². The van der Waals surface area contributed by atoms with Gasteiger partial charge in [0.15, 0.2) is 0 Å². The van der Waals surface area contributed by atoms with Gasteiger partial charge in [-0.2, -0.15) is 0 Å². The van der Waals surface area contributed by atoms with Crippen LogP contribution < -0.4 is 9.62 Å². The molecular formula is C22H26N2O3S. The summed E-state index contributed by atoms with van der Waals surface area (Å²) in [5.74, 6) is 0.0924. The molecule has 0 saturated carbocycles. The maximum atomic E-state index is 12.8. The molecule has 0 unspecified atom stereocenters. The van der Waals surface area contributed by atoms with E-state index in [4.69, 9.17) is 0 Å². The molecule has 2 aliphatic rings. The fourth-order valence-electron chi connectivity index (χ4n) is 4.12. The monoisotopic (exact) mass is 398 g/mol. The molecule has 1 amide bonds. The van der Waals surface area contributed by atoms with Gasteiger partial charge in [0.1, 0.15) is 0 Å². The third-order valence-corrected chi connectivity index (χ3v) is 7.29. The normalized spacial score (nSPS) is 18.2. The molecule has 1 saturated heterocycles. The highest BCUT2D eigenvalue weighted by Crippen LogP contribution is 2.27. The first-order chi connectivity index (χ1) is 13.4. The van der Waals surface area contributed by atoms with Gasteiger partial charge in [0, 0.05) is 24.7 Å². The number of hydrogen-bond donors (Lipinski definition) is 1. The van der Waals surface area contributed by atoms with Crippen LogP contribution in [0.2, 0.25) is 0 Å². The minimum Gasteiger partial charge on any atom is -0.312 e. The average Bonchev–Trinajstić information content (AvgIpc) is 3.13. The molecule has 1 N–H and O–H groups in total. The Morgan fingerprint density at radius 1 is 0.929 bits per heavy atom. The van der Waals surface area contributed by atoms with Crippen molar-refractivity contribution < 1.29 is 13.2 Å². The number of nitrogens with one attached hydrogen (secondary N) is 1. The van der Waals surface area contributed by atoms with Crippen molar-refractivity contribution in [2.75, 3.05) is 11.4 Å². The number of benzene rings is 2. The number of aryl methyl sites for hydroxylation is 2. The molecule has 5 nitrogen and oxygen atoms in total. The van der Waals surface area contributed by atoms with Crippen LogP contribution in [-0.2, 0) is 27.7 Å². The second kappa shape index (κ2) is 7.68. The molecule has 1 aliphatic heterocycles. The highest BCUT2D eigenvalue weighted by Gasteiger charge is 2.23. The molecular weight excluding hydrogens is 372 g/mol. The third kappa shape index (κ3) is 3.84. The first-order valence-corrected chi connectivity index (χ1v) is 11.5. The predicted octanol–water partition coefficient (Wildman–Crippen LogP) is 3.73.